The fourth-order valence-electron chi connectivity index (χ4n) is 4.26. The number of allylic oxidation sites excluding steroid dienone is 2. The average Bonchev–Trinajstić information content (AvgIpc) is 2.87. The van der Waals surface area contributed by atoms with Gasteiger partial charge >= 0.3 is 0 Å². The lowest BCUT2D eigenvalue weighted by Gasteiger charge is -2.33. The van der Waals surface area contributed by atoms with E-state index in [0.717, 1.165) is 22.6 Å². The average molecular weight is 448 g/mol. The predicted molar refractivity (Wildman–Crippen MR) is 127 cm³/mol. The molecule has 1 heterocycles. The van der Waals surface area contributed by atoms with Crippen molar-refractivity contribution in [3.05, 3.63) is 70.8 Å². The first-order chi connectivity index (χ1) is 16.1. The van der Waals surface area contributed by atoms with Crippen molar-refractivity contribution < 1.29 is 23.8 Å². The molecule has 0 unspecified atom stereocenters. The first-order valence-corrected chi connectivity index (χ1v) is 11.2. The summed E-state index contributed by atoms with van der Waals surface area (Å²) >= 11 is 0. The first kappa shape index (κ1) is 22.8. The predicted octanol–water partition coefficient (Wildman–Crippen LogP) is 4.01. The van der Waals surface area contributed by atoms with Gasteiger partial charge < -0.3 is 19.1 Å². The molecular formula is C27H29NO5. The van der Waals surface area contributed by atoms with Gasteiger partial charge in [-0.1, -0.05) is 24.3 Å². The molecule has 0 atom stereocenters. The van der Waals surface area contributed by atoms with E-state index in [9.17, 15) is 9.59 Å². The second-order valence-electron chi connectivity index (χ2n) is 8.26. The van der Waals surface area contributed by atoms with Gasteiger partial charge in [0.1, 0.15) is 11.5 Å². The molecule has 2 aromatic carbocycles. The Hall–Kier alpha value is -3.38. The van der Waals surface area contributed by atoms with Crippen LogP contribution in [0.5, 0.6) is 11.5 Å². The summed E-state index contributed by atoms with van der Waals surface area (Å²) in [4.78, 5) is 28.5. The number of benzene rings is 2. The van der Waals surface area contributed by atoms with Crippen molar-refractivity contribution in [3.8, 4) is 11.5 Å². The summed E-state index contributed by atoms with van der Waals surface area (Å²) in [7, 11) is 3.24. The van der Waals surface area contributed by atoms with Crippen LogP contribution < -0.4 is 9.47 Å². The van der Waals surface area contributed by atoms with Gasteiger partial charge in [-0.05, 0) is 60.4 Å². The number of morpholine rings is 1. The Bertz CT molecular complexity index is 977. The molecule has 33 heavy (non-hydrogen) atoms. The van der Waals surface area contributed by atoms with E-state index in [1.165, 1.54) is 0 Å². The van der Waals surface area contributed by atoms with Crippen LogP contribution >= 0.6 is 0 Å². The number of amides is 1. The zero-order chi connectivity index (χ0) is 23.2. The maximum Gasteiger partial charge on any atom is 0.226 e. The van der Waals surface area contributed by atoms with Gasteiger partial charge in [0.2, 0.25) is 5.91 Å². The minimum Gasteiger partial charge on any atom is -0.497 e. The number of rotatable bonds is 5. The highest BCUT2D eigenvalue weighted by Gasteiger charge is 2.34. The van der Waals surface area contributed by atoms with Gasteiger partial charge in [-0.15, -0.1) is 0 Å². The summed E-state index contributed by atoms with van der Waals surface area (Å²) < 4.78 is 15.9. The monoisotopic (exact) mass is 447 g/mol. The summed E-state index contributed by atoms with van der Waals surface area (Å²) in [5, 5.41) is 0. The van der Waals surface area contributed by atoms with E-state index >= 15 is 0 Å². The van der Waals surface area contributed by atoms with Crippen molar-refractivity contribution in [1.82, 2.24) is 4.90 Å². The Labute approximate surface area is 194 Å². The second kappa shape index (κ2) is 10.5. The van der Waals surface area contributed by atoms with Crippen LogP contribution in [0.25, 0.3) is 12.2 Å². The number of nitrogens with zero attached hydrogens (tertiary/aromatic N) is 1. The molecule has 1 amide bonds. The molecule has 4 rings (SSSR count). The number of hydrogen-bond donors (Lipinski definition) is 0. The van der Waals surface area contributed by atoms with E-state index in [2.05, 4.69) is 0 Å². The Balaban J connectivity index is 1.65. The summed E-state index contributed by atoms with van der Waals surface area (Å²) in [6.07, 6.45) is 4.65. The molecular weight excluding hydrogens is 418 g/mol. The van der Waals surface area contributed by atoms with Crippen LogP contribution in [-0.4, -0.2) is 57.1 Å². The molecule has 2 aromatic rings. The summed E-state index contributed by atoms with van der Waals surface area (Å²) in [5.74, 6) is 1.33. The third-order valence-corrected chi connectivity index (χ3v) is 6.10. The molecule has 2 fully saturated rings. The normalized spacial score (nSPS) is 21.3. The molecule has 1 saturated heterocycles. The van der Waals surface area contributed by atoms with Gasteiger partial charge in [-0.2, -0.15) is 0 Å². The molecule has 1 aliphatic carbocycles. The van der Waals surface area contributed by atoms with Crippen LogP contribution in [0.3, 0.4) is 0 Å². The molecule has 0 bridgehead atoms. The maximum atomic E-state index is 13.4. The molecule has 0 aromatic heterocycles. The van der Waals surface area contributed by atoms with Crippen LogP contribution in [0, 0.1) is 5.92 Å². The van der Waals surface area contributed by atoms with E-state index in [4.69, 9.17) is 14.2 Å². The van der Waals surface area contributed by atoms with Gasteiger partial charge in [0, 0.05) is 30.2 Å². The summed E-state index contributed by atoms with van der Waals surface area (Å²) in [6.45, 7) is 2.30. The second-order valence-corrected chi connectivity index (χ2v) is 8.26. The van der Waals surface area contributed by atoms with E-state index in [0.29, 0.717) is 50.3 Å². The minimum atomic E-state index is -0.269. The Morgan fingerprint density at radius 3 is 1.73 bits per heavy atom. The van der Waals surface area contributed by atoms with E-state index in [1.54, 1.807) is 14.2 Å². The number of ether oxygens (including phenoxy) is 3. The molecule has 172 valence electrons. The van der Waals surface area contributed by atoms with Gasteiger partial charge in [0.15, 0.2) is 5.78 Å². The van der Waals surface area contributed by atoms with Crippen molar-refractivity contribution in [1.29, 1.82) is 0 Å². The van der Waals surface area contributed by atoms with Crippen LogP contribution in [0.2, 0.25) is 0 Å². The third kappa shape index (κ3) is 5.52. The first-order valence-electron chi connectivity index (χ1n) is 11.2. The van der Waals surface area contributed by atoms with Crippen molar-refractivity contribution in [3.63, 3.8) is 0 Å². The largest absolute Gasteiger partial charge is 0.497 e. The fraction of sp³-hybridized carbons (Fsp3) is 0.333. The van der Waals surface area contributed by atoms with Crippen molar-refractivity contribution in [2.75, 3.05) is 40.5 Å². The van der Waals surface area contributed by atoms with Gasteiger partial charge in [0.25, 0.3) is 0 Å². The molecule has 6 nitrogen and oxygen atoms in total. The van der Waals surface area contributed by atoms with E-state index in [-0.39, 0.29) is 17.6 Å². The highest BCUT2D eigenvalue weighted by Crippen LogP contribution is 2.34. The Kier molecular flexibility index (Phi) is 7.25. The zero-order valence-corrected chi connectivity index (χ0v) is 19.1. The highest BCUT2D eigenvalue weighted by molar-refractivity contribution is 6.15. The van der Waals surface area contributed by atoms with E-state index < -0.39 is 0 Å². The standard InChI is InChI=1S/C27H29NO5/c1-31-24-7-3-19(4-8-24)15-21-17-23(27(30)28-11-13-33-14-12-28)18-22(26(21)29)16-20-5-9-25(32-2)10-6-20/h3-10,15-16,23H,11-14,17-18H2,1-2H3/b21-15+,22-16+. The fourth-order valence-corrected chi connectivity index (χ4v) is 4.26. The van der Waals surface area contributed by atoms with Crippen LogP contribution in [-0.2, 0) is 14.3 Å². The van der Waals surface area contributed by atoms with Gasteiger partial charge in [0.05, 0.1) is 27.4 Å². The lowest BCUT2D eigenvalue weighted by Crippen LogP contribution is -2.45. The molecule has 0 N–H and O–H groups in total. The van der Waals surface area contributed by atoms with Crippen LogP contribution in [0.15, 0.2) is 59.7 Å². The molecule has 0 radical (unpaired) electrons. The van der Waals surface area contributed by atoms with E-state index in [1.807, 2.05) is 65.6 Å². The lowest BCUT2D eigenvalue weighted by atomic mass is 9.79. The molecule has 1 aliphatic heterocycles. The number of ketones is 1. The molecule has 2 aliphatic rings. The molecule has 6 heteroatoms. The lowest BCUT2D eigenvalue weighted by molar-refractivity contribution is -0.140. The Morgan fingerprint density at radius 2 is 1.30 bits per heavy atom. The zero-order valence-electron chi connectivity index (χ0n) is 19.1. The number of methoxy groups -OCH3 is 2. The highest BCUT2D eigenvalue weighted by atomic mass is 16.5. The van der Waals surface area contributed by atoms with Crippen molar-refractivity contribution in [2.24, 2.45) is 5.92 Å². The third-order valence-electron chi connectivity index (χ3n) is 6.10. The SMILES string of the molecule is COc1ccc(/C=C2\CC(C(=O)N3CCOCC3)C/C(=C\c3ccc(OC)cc3)C2=O)cc1. The summed E-state index contributed by atoms with van der Waals surface area (Å²) in [6, 6.07) is 15.1. The van der Waals surface area contributed by atoms with Crippen molar-refractivity contribution >= 4 is 23.8 Å². The Morgan fingerprint density at radius 1 is 0.848 bits per heavy atom. The smallest absolute Gasteiger partial charge is 0.226 e. The minimum absolute atomic E-state index is 0.00679. The van der Waals surface area contributed by atoms with Gasteiger partial charge in [-0.25, -0.2) is 0 Å². The summed E-state index contributed by atoms with van der Waals surface area (Å²) in [5.41, 5.74) is 3.11. The van der Waals surface area contributed by atoms with Gasteiger partial charge in [-0.3, -0.25) is 9.59 Å². The molecule has 1 saturated carbocycles. The van der Waals surface area contributed by atoms with Crippen LogP contribution in [0.1, 0.15) is 24.0 Å². The number of carbonyl (C=O) groups is 2. The van der Waals surface area contributed by atoms with Crippen molar-refractivity contribution in [2.45, 2.75) is 12.8 Å². The number of Topliss-reactive ketones (excluding diaryl/α,β-unsaturated/α-hetero) is 1. The van der Waals surface area contributed by atoms with Crippen LogP contribution in [0.4, 0.5) is 0 Å². The number of carbonyl (C=O) groups excluding carboxylic acids is 2. The molecule has 0 spiro atoms. The quantitative estimate of drug-likeness (QED) is 0.648. The topological polar surface area (TPSA) is 65.1 Å². The number of hydrogen-bond acceptors (Lipinski definition) is 5. The maximum absolute atomic E-state index is 13.4.